The lowest BCUT2D eigenvalue weighted by atomic mass is 10.1. The second-order valence-corrected chi connectivity index (χ2v) is 2.81. The molecule has 0 aliphatic carbocycles. The van der Waals surface area contributed by atoms with Gasteiger partial charge in [0.2, 0.25) is 0 Å². The van der Waals surface area contributed by atoms with Crippen molar-refractivity contribution in [2.45, 2.75) is 39.7 Å². The first-order chi connectivity index (χ1) is 5.29. The zero-order valence-electron chi connectivity index (χ0n) is 8.14. The molecular formula is C10H21N. The standard InChI is InChI=1S/C10H21N/c1-5-9-10(6-2)11(7-3)8-4/h6,10H,2,5,7-9H2,1,3-4H3. The van der Waals surface area contributed by atoms with Gasteiger partial charge in [0.1, 0.15) is 0 Å². The zero-order chi connectivity index (χ0) is 8.69. The Morgan fingerprint density at radius 3 is 2.09 bits per heavy atom. The van der Waals surface area contributed by atoms with Crippen molar-refractivity contribution in [2.75, 3.05) is 13.1 Å². The molecule has 1 heteroatoms. The molecule has 0 spiro atoms. The van der Waals surface area contributed by atoms with Crippen LogP contribution in [-0.2, 0) is 0 Å². The first kappa shape index (κ1) is 10.7. The van der Waals surface area contributed by atoms with Crippen LogP contribution in [0.4, 0.5) is 0 Å². The van der Waals surface area contributed by atoms with Gasteiger partial charge in [-0.3, -0.25) is 4.90 Å². The number of nitrogens with zero attached hydrogens (tertiary/aromatic N) is 1. The molecule has 1 nitrogen and oxygen atoms in total. The van der Waals surface area contributed by atoms with Crippen LogP contribution in [0.1, 0.15) is 33.6 Å². The molecule has 0 amide bonds. The minimum absolute atomic E-state index is 0.593. The summed E-state index contributed by atoms with van der Waals surface area (Å²) >= 11 is 0. The van der Waals surface area contributed by atoms with E-state index in [2.05, 4.69) is 38.3 Å². The summed E-state index contributed by atoms with van der Waals surface area (Å²) in [4.78, 5) is 2.44. The fraction of sp³-hybridized carbons (Fsp3) is 0.800. The summed E-state index contributed by atoms with van der Waals surface area (Å²) in [5.74, 6) is 0. The average Bonchev–Trinajstić information content (AvgIpc) is 2.05. The summed E-state index contributed by atoms with van der Waals surface area (Å²) in [5.41, 5.74) is 0. The second-order valence-electron chi connectivity index (χ2n) is 2.81. The van der Waals surface area contributed by atoms with Crippen LogP contribution in [0.2, 0.25) is 0 Å². The molecule has 0 aromatic rings. The Morgan fingerprint density at radius 2 is 1.82 bits per heavy atom. The molecule has 0 radical (unpaired) electrons. The first-order valence-electron chi connectivity index (χ1n) is 4.66. The van der Waals surface area contributed by atoms with Gasteiger partial charge < -0.3 is 0 Å². The molecular weight excluding hydrogens is 134 g/mol. The molecule has 0 N–H and O–H groups in total. The predicted octanol–water partition coefficient (Wildman–Crippen LogP) is 2.68. The Morgan fingerprint density at radius 1 is 1.27 bits per heavy atom. The Hall–Kier alpha value is -0.300. The highest BCUT2D eigenvalue weighted by Gasteiger charge is 2.09. The van der Waals surface area contributed by atoms with Crippen molar-refractivity contribution >= 4 is 0 Å². The molecule has 0 aromatic heterocycles. The van der Waals surface area contributed by atoms with E-state index in [-0.39, 0.29) is 0 Å². The van der Waals surface area contributed by atoms with E-state index < -0.39 is 0 Å². The number of hydrogen-bond donors (Lipinski definition) is 0. The van der Waals surface area contributed by atoms with E-state index in [1.54, 1.807) is 0 Å². The fourth-order valence-electron chi connectivity index (χ4n) is 1.44. The number of likely N-dealkylation sites (N-methyl/N-ethyl adjacent to an activating group) is 1. The zero-order valence-corrected chi connectivity index (χ0v) is 8.14. The van der Waals surface area contributed by atoms with Crippen molar-refractivity contribution in [3.63, 3.8) is 0 Å². The van der Waals surface area contributed by atoms with Crippen LogP contribution in [0.15, 0.2) is 12.7 Å². The third-order valence-corrected chi connectivity index (χ3v) is 2.14. The van der Waals surface area contributed by atoms with E-state index in [0.29, 0.717) is 6.04 Å². The van der Waals surface area contributed by atoms with Crippen LogP contribution in [-0.4, -0.2) is 24.0 Å². The second kappa shape index (κ2) is 6.41. The predicted molar refractivity (Wildman–Crippen MR) is 51.8 cm³/mol. The summed E-state index contributed by atoms with van der Waals surface area (Å²) < 4.78 is 0. The monoisotopic (exact) mass is 155 g/mol. The van der Waals surface area contributed by atoms with Crippen LogP contribution in [0.25, 0.3) is 0 Å². The Kier molecular flexibility index (Phi) is 6.24. The molecule has 0 aromatic carbocycles. The van der Waals surface area contributed by atoms with Gasteiger partial charge in [-0.2, -0.15) is 0 Å². The van der Waals surface area contributed by atoms with E-state index in [4.69, 9.17) is 0 Å². The lowest BCUT2D eigenvalue weighted by Gasteiger charge is -2.26. The van der Waals surface area contributed by atoms with Gasteiger partial charge in [0.25, 0.3) is 0 Å². The minimum atomic E-state index is 0.593. The van der Waals surface area contributed by atoms with Gasteiger partial charge in [0.15, 0.2) is 0 Å². The first-order valence-corrected chi connectivity index (χ1v) is 4.66. The van der Waals surface area contributed by atoms with Crippen LogP contribution in [0, 0.1) is 0 Å². The summed E-state index contributed by atoms with van der Waals surface area (Å²) in [6.07, 6.45) is 4.55. The quantitative estimate of drug-likeness (QED) is 0.533. The van der Waals surface area contributed by atoms with Crippen molar-refractivity contribution in [2.24, 2.45) is 0 Å². The SMILES string of the molecule is C=CC(CCC)N(CC)CC. The molecule has 0 rings (SSSR count). The lowest BCUT2D eigenvalue weighted by molar-refractivity contribution is 0.243. The highest BCUT2D eigenvalue weighted by atomic mass is 15.1. The molecule has 0 aliphatic rings. The maximum Gasteiger partial charge on any atom is 0.0275 e. The van der Waals surface area contributed by atoms with Gasteiger partial charge in [0.05, 0.1) is 0 Å². The van der Waals surface area contributed by atoms with Gasteiger partial charge in [-0.15, -0.1) is 6.58 Å². The molecule has 1 atom stereocenters. The van der Waals surface area contributed by atoms with Crippen LogP contribution >= 0.6 is 0 Å². The molecule has 11 heavy (non-hydrogen) atoms. The summed E-state index contributed by atoms with van der Waals surface area (Å²) in [6.45, 7) is 12.7. The molecule has 0 saturated heterocycles. The molecule has 0 saturated carbocycles. The molecule has 0 bridgehead atoms. The Bertz CT molecular complexity index is 95.0. The average molecular weight is 155 g/mol. The van der Waals surface area contributed by atoms with Gasteiger partial charge in [-0.1, -0.05) is 33.3 Å². The molecule has 1 unspecified atom stereocenters. The molecule has 0 fully saturated rings. The smallest absolute Gasteiger partial charge is 0.0275 e. The molecule has 0 heterocycles. The van der Waals surface area contributed by atoms with Gasteiger partial charge >= 0.3 is 0 Å². The Balaban J connectivity index is 3.86. The van der Waals surface area contributed by atoms with Gasteiger partial charge in [-0.05, 0) is 19.5 Å². The lowest BCUT2D eigenvalue weighted by Crippen LogP contribution is -2.33. The van der Waals surface area contributed by atoms with Gasteiger partial charge in [0, 0.05) is 6.04 Å². The normalized spacial score (nSPS) is 13.5. The van der Waals surface area contributed by atoms with E-state index in [9.17, 15) is 0 Å². The summed E-state index contributed by atoms with van der Waals surface area (Å²) in [5, 5.41) is 0. The van der Waals surface area contributed by atoms with Crippen LogP contribution < -0.4 is 0 Å². The largest absolute Gasteiger partial charge is 0.297 e. The van der Waals surface area contributed by atoms with E-state index in [1.807, 2.05) is 0 Å². The number of rotatable bonds is 6. The van der Waals surface area contributed by atoms with Crippen molar-refractivity contribution < 1.29 is 0 Å². The van der Waals surface area contributed by atoms with Crippen LogP contribution in [0.3, 0.4) is 0 Å². The maximum absolute atomic E-state index is 3.85. The molecule has 0 aliphatic heterocycles. The summed E-state index contributed by atoms with van der Waals surface area (Å²) in [7, 11) is 0. The van der Waals surface area contributed by atoms with E-state index in [0.717, 1.165) is 13.1 Å². The third-order valence-electron chi connectivity index (χ3n) is 2.14. The maximum atomic E-state index is 3.85. The van der Waals surface area contributed by atoms with Crippen molar-refractivity contribution in [1.29, 1.82) is 0 Å². The third kappa shape index (κ3) is 3.57. The van der Waals surface area contributed by atoms with Crippen molar-refractivity contribution in [3.05, 3.63) is 12.7 Å². The Labute approximate surface area is 71.1 Å². The topological polar surface area (TPSA) is 3.24 Å². The highest BCUT2D eigenvalue weighted by Crippen LogP contribution is 2.06. The highest BCUT2D eigenvalue weighted by molar-refractivity contribution is 4.86. The number of hydrogen-bond acceptors (Lipinski definition) is 1. The summed E-state index contributed by atoms with van der Waals surface area (Å²) in [6, 6.07) is 0.593. The van der Waals surface area contributed by atoms with Crippen LogP contribution in [0.5, 0.6) is 0 Å². The molecule has 66 valence electrons. The van der Waals surface area contributed by atoms with E-state index in [1.165, 1.54) is 12.8 Å². The van der Waals surface area contributed by atoms with E-state index >= 15 is 0 Å². The van der Waals surface area contributed by atoms with Crippen molar-refractivity contribution in [3.8, 4) is 0 Å². The fourth-order valence-corrected chi connectivity index (χ4v) is 1.44. The van der Waals surface area contributed by atoms with Crippen molar-refractivity contribution in [1.82, 2.24) is 4.90 Å². The van der Waals surface area contributed by atoms with Gasteiger partial charge in [-0.25, -0.2) is 0 Å². The minimum Gasteiger partial charge on any atom is -0.297 e.